The van der Waals surface area contributed by atoms with Gasteiger partial charge in [-0.3, -0.25) is 4.90 Å². The topological polar surface area (TPSA) is 59.0 Å². The standard InChI is InChI=1S/C19H20FNO4/c20-16-5-1-3-14(11-16)18-13-24-9-7-21(18)8-10-25-17-6-2-4-15(12-17)19(22)23/h1-6,11-12,18H,7-10,13H2,(H,22,23). The minimum atomic E-state index is -0.982. The highest BCUT2D eigenvalue weighted by Gasteiger charge is 2.24. The third kappa shape index (κ3) is 4.55. The monoisotopic (exact) mass is 345 g/mol. The molecule has 6 heteroatoms. The van der Waals surface area contributed by atoms with Crippen LogP contribution in [0, 0.1) is 5.82 Å². The van der Waals surface area contributed by atoms with E-state index in [1.165, 1.54) is 24.3 Å². The van der Waals surface area contributed by atoms with Gasteiger partial charge in [0.15, 0.2) is 0 Å². The fourth-order valence-electron chi connectivity index (χ4n) is 2.93. The third-order valence-corrected chi connectivity index (χ3v) is 4.20. The average Bonchev–Trinajstić information content (AvgIpc) is 2.62. The van der Waals surface area contributed by atoms with E-state index in [1.807, 2.05) is 6.07 Å². The van der Waals surface area contributed by atoms with Crippen LogP contribution in [0.4, 0.5) is 4.39 Å². The van der Waals surface area contributed by atoms with Crippen LogP contribution in [0.25, 0.3) is 0 Å². The summed E-state index contributed by atoms with van der Waals surface area (Å²) < 4.78 is 24.7. The van der Waals surface area contributed by atoms with E-state index in [9.17, 15) is 9.18 Å². The summed E-state index contributed by atoms with van der Waals surface area (Å²) in [6.07, 6.45) is 0. The average molecular weight is 345 g/mol. The van der Waals surface area contributed by atoms with Gasteiger partial charge in [-0.15, -0.1) is 0 Å². The first-order chi connectivity index (χ1) is 12.1. The van der Waals surface area contributed by atoms with E-state index in [-0.39, 0.29) is 17.4 Å². The number of hydrogen-bond donors (Lipinski definition) is 1. The fraction of sp³-hybridized carbons (Fsp3) is 0.316. The first-order valence-corrected chi connectivity index (χ1v) is 8.17. The molecule has 0 aliphatic carbocycles. The molecular formula is C19H20FNO4. The lowest BCUT2D eigenvalue weighted by atomic mass is 10.0. The molecule has 0 bridgehead atoms. The number of carboxylic acids is 1. The molecule has 1 fully saturated rings. The molecule has 2 aromatic carbocycles. The smallest absolute Gasteiger partial charge is 0.335 e. The van der Waals surface area contributed by atoms with Crippen molar-refractivity contribution in [2.24, 2.45) is 0 Å². The number of nitrogens with zero attached hydrogens (tertiary/aromatic N) is 1. The van der Waals surface area contributed by atoms with Crippen LogP contribution < -0.4 is 4.74 Å². The first kappa shape index (κ1) is 17.4. The Morgan fingerprint density at radius 3 is 2.92 bits per heavy atom. The van der Waals surface area contributed by atoms with Crippen LogP contribution in [0.2, 0.25) is 0 Å². The molecule has 1 N–H and O–H groups in total. The van der Waals surface area contributed by atoms with E-state index in [0.717, 1.165) is 12.1 Å². The van der Waals surface area contributed by atoms with Crippen LogP contribution in [-0.2, 0) is 4.74 Å². The number of hydrogen-bond acceptors (Lipinski definition) is 4. The Bertz CT molecular complexity index is 737. The summed E-state index contributed by atoms with van der Waals surface area (Å²) in [7, 11) is 0. The van der Waals surface area contributed by atoms with E-state index in [1.54, 1.807) is 18.2 Å². The van der Waals surface area contributed by atoms with Gasteiger partial charge in [-0.1, -0.05) is 18.2 Å². The summed E-state index contributed by atoms with van der Waals surface area (Å²) in [5, 5.41) is 9.01. The molecule has 2 aromatic rings. The molecule has 0 radical (unpaired) electrons. The molecule has 25 heavy (non-hydrogen) atoms. The van der Waals surface area contributed by atoms with Crippen LogP contribution in [0.5, 0.6) is 5.75 Å². The van der Waals surface area contributed by atoms with E-state index in [0.29, 0.717) is 32.1 Å². The zero-order valence-electron chi connectivity index (χ0n) is 13.7. The van der Waals surface area contributed by atoms with Crippen LogP contribution in [0.15, 0.2) is 48.5 Å². The van der Waals surface area contributed by atoms with Crippen molar-refractivity contribution < 1.29 is 23.8 Å². The van der Waals surface area contributed by atoms with Crippen molar-refractivity contribution in [1.29, 1.82) is 0 Å². The first-order valence-electron chi connectivity index (χ1n) is 8.17. The Kier molecular flexibility index (Phi) is 5.63. The summed E-state index contributed by atoms with van der Waals surface area (Å²) in [6, 6.07) is 13.0. The van der Waals surface area contributed by atoms with Gasteiger partial charge in [0, 0.05) is 13.1 Å². The predicted molar refractivity (Wildman–Crippen MR) is 90.4 cm³/mol. The molecule has 1 heterocycles. The lowest BCUT2D eigenvalue weighted by Gasteiger charge is -2.35. The van der Waals surface area contributed by atoms with E-state index < -0.39 is 5.97 Å². The summed E-state index contributed by atoms with van der Waals surface area (Å²) in [4.78, 5) is 13.2. The minimum absolute atomic E-state index is 0.0154. The van der Waals surface area contributed by atoms with Gasteiger partial charge in [0.25, 0.3) is 0 Å². The molecule has 5 nitrogen and oxygen atoms in total. The van der Waals surface area contributed by atoms with Gasteiger partial charge in [0.2, 0.25) is 0 Å². The van der Waals surface area contributed by atoms with E-state index in [4.69, 9.17) is 14.6 Å². The van der Waals surface area contributed by atoms with Crippen LogP contribution >= 0.6 is 0 Å². The molecule has 0 saturated carbocycles. The Morgan fingerprint density at radius 2 is 2.12 bits per heavy atom. The highest BCUT2D eigenvalue weighted by molar-refractivity contribution is 5.87. The van der Waals surface area contributed by atoms with Crippen LogP contribution in [0.1, 0.15) is 22.0 Å². The van der Waals surface area contributed by atoms with Crippen molar-refractivity contribution in [2.75, 3.05) is 32.9 Å². The summed E-state index contributed by atoms with van der Waals surface area (Å²) in [5.74, 6) is -0.718. The minimum Gasteiger partial charge on any atom is -0.492 e. The number of carbonyl (C=O) groups is 1. The molecular weight excluding hydrogens is 325 g/mol. The highest BCUT2D eigenvalue weighted by Crippen LogP contribution is 2.24. The number of benzene rings is 2. The van der Waals surface area contributed by atoms with E-state index in [2.05, 4.69) is 4.90 Å². The normalized spacial score (nSPS) is 18.0. The van der Waals surface area contributed by atoms with Crippen molar-refractivity contribution in [3.05, 3.63) is 65.5 Å². The number of rotatable bonds is 6. The second-order valence-electron chi connectivity index (χ2n) is 5.86. The molecule has 1 unspecified atom stereocenters. The van der Waals surface area contributed by atoms with Crippen molar-refractivity contribution in [3.8, 4) is 5.75 Å². The molecule has 3 rings (SSSR count). The number of carboxylic acid groups (broad SMARTS) is 1. The Balaban J connectivity index is 1.61. The molecule has 0 amide bonds. The number of ether oxygens (including phenoxy) is 2. The van der Waals surface area contributed by atoms with Gasteiger partial charge in [-0.25, -0.2) is 9.18 Å². The fourth-order valence-corrected chi connectivity index (χ4v) is 2.93. The van der Waals surface area contributed by atoms with Crippen molar-refractivity contribution in [2.45, 2.75) is 6.04 Å². The SMILES string of the molecule is O=C(O)c1cccc(OCCN2CCOCC2c2cccc(F)c2)c1. The van der Waals surface area contributed by atoms with Gasteiger partial charge in [0.1, 0.15) is 18.2 Å². The van der Waals surface area contributed by atoms with E-state index >= 15 is 0 Å². The molecule has 1 aliphatic rings. The van der Waals surface area contributed by atoms with Gasteiger partial charge >= 0.3 is 5.97 Å². The molecule has 132 valence electrons. The lowest BCUT2D eigenvalue weighted by Crippen LogP contribution is -2.41. The molecule has 1 atom stereocenters. The summed E-state index contributed by atoms with van der Waals surface area (Å²) in [5.41, 5.74) is 1.08. The van der Waals surface area contributed by atoms with Gasteiger partial charge in [-0.2, -0.15) is 0 Å². The van der Waals surface area contributed by atoms with Gasteiger partial charge in [0.05, 0.1) is 24.8 Å². The number of halogens is 1. The van der Waals surface area contributed by atoms with Crippen LogP contribution in [0.3, 0.4) is 0 Å². The quantitative estimate of drug-likeness (QED) is 0.872. The Morgan fingerprint density at radius 1 is 1.28 bits per heavy atom. The summed E-state index contributed by atoms with van der Waals surface area (Å²) in [6.45, 7) is 2.93. The second-order valence-corrected chi connectivity index (χ2v) is 5.86. The zero-order valence-corrected chi connectivity index (χ0v) is 13.7. The Hall–Kier alpha value is -2.44. The maximum atomic E-state index is 13.5. The number of aromatic carboxylic acids is 1. The summed E-state index contributed by atoms with van der Waals surface area (Å²) >= 11 is 0. The lowest BCUT2D eigenvalue weighted by molar-refractivity contribution is -0.0133. The molecule has 1 saturated heterocycles. The molecule has 0 aromatic heterocycles. The van der Waals surface area contributed by atoms with Gasteiger partial charge < -0.3 is 14.6 Å². The maximum absolute atomic E-state index is 13.5. The van der Waals surface area contributed by atoms with Gasteiger partial charge in [-0.05, 0) is 35.9 Å². The predicted octanol–water partition coefficient (Wildman–Crippen LogP) is 2.98. The van der Waals surface area contributed by atoms with Crippen LogP contribution in [-0.4, -0.2) is 48.9 Å². The third-order valence-electron chi connectivity index (χ3n) is 4.20. The molecule has 0 spiro atoms. The second kappa shape index (κ2) is 8.09. The van der Waals surface area contributed by atoms with Crippen molar-refractivity contribution in [1.82, 2.24) is 4.90 Å². The molecule has 1 aliphatic heterocycles. The Labute approximate surface area is 145 Å². The zero-order chi connectivity index (χ0) is 17.6. The number of morpholine rings is 1. The largest absolute Gasteiger partial charge is 0.492 e. The van der Waals surface area contributed by atoms with Crippen molar-refractivity contribution in [3.63, 3.8) is 0 Å². The van der Waals surface area contributed by atoms with Crippen molar-refractivity contribution >= 4 is 5.97 Å². The highest BCUT2D eigenvalue weighted by atomic mass is 19.1. The maximum Gasteiger partial charge on any atom is 0.335 e.